The summed E-state index contributed by atoms with van der Waals surface area (Å²) in [7, 11) is 0. The van der Waals surface area contributed by atoms with Crippen LogP contribution in [0.2, 0.25) is 0 Å². The van der Waals surface area contributed by atoms with Gasteiger partial charge in [0.25, 0.3) is 0 Å². The Balaban J connectivity index is 1.34. The number of imidazole rings is 1. The first-order valence-electron chi connectivity index (χ1n) is 13.5. The van der Waals surface area contributed by atoms with Crippen LogP contribution in [0.25, 0.3) is 22.1 Å². The van der Waals surface area contributed by atoms with Crippen LogP contribution in [0.3, 0.4) is 0 Å². The summed E-state index contributed by atoms with van der Waals surface area (Å²) in [4.78, 5) is 25.9. The number of aromatic nitrogens is 4. The SMILES string of the molecule is CC(C)CC1CCC(NC(=O)Cc2nc3cnc4[nH]ccc4c3n2C2CCC(CC#N)CC2)CC1. The molecule has 5 rings (SSSR count). The lowest BCUT2D eigenvalue weighted by Gasteiger charge is -2.31. The molecule has 0 radical (unpaired) electrons. The standard InChI is InChI=1S/C28H38N6O/c1-18(2)15-20-3-7-21(8-4-20)32-26(35)16-25-33-24-17-31-28-23(12-14-30-28)27(24)34(25)22-9-5-19(6-10-22)11-13-29/h12,14,17-22H,3-11,15-16H2,1-2H3,(H,30,31)(H,32,35). The van der Waals surface area contributed by atoms with E-state index in [0.29, 0.717) is 24.8 Å². The Bertz CT molecular complexity index is 1200. The van der Waals surface area contributed by atoms with Crippen LogP contribution in [0, 0.1) is 29.1 Å². The first kappa shape index (κ1) is 23.8. The Morgan fingerprint density at radius 2 is 1.91 bits per heavy atom. The third-order valence-corrected chi connectivity index (χ3v) is 8.20. The summed E-state index contributed by atoms with van der Waals surface area (Å²) in [6, 6.07) is 4.98. The summed E-state index contributed by atoms with van der Waals surface area (Å²) in [6.45, 7) is 4.60. The zero-order chi connectivity index (χ0) is 24.4. The van der Waals surface area contributed by atoms with Gasteiger partial charge in [0, 0.05) is 30.1 Å². The van der Waals surface area contributed by atoms with Crippen molar-refractivity contribution in [1.29, 1.82) is 5.26 Å². The number of pyridine rings is 1. The van der Waals surface area contributed by atoms with Gasteiger partial charge >= 0.3 is 0 Å². The lowest BCUT2D eigenvalue weighted by atomic mass is 9.81. The molecule has 7 nitrogen and oxygen atoms in total. The summed E-state index contributed by atoms with van der Waals surface area (Å²) in [5, 5.41) is 13.5. The number of rotatable bonds is 7. The van der Waals surface area contributed by atoms with E-state index in [1.54, 1.807) is 0 Å². The number of amides is 1. The van der Waals surface area contributed by atoms with Crippen molar-refractivity contribution in [3.05, 3.63) is 24.3 Å². The maximum absolute atomic E-state index is 13.2. The fourth-order valence-electron chi connectivity index (χ4n) is 6.53. The minimum atomic E-state index is 0.0744. The number of aromatic amines is 1. The van der Waals surface area contributed by atoms with Crippen LogP contribution >= 0.6 is 0 Å². The average Bonchev–Trinajstić information content (AvgIpc) is 3.45. The van der Waals surface area contributed by atoms with Crippen LogP contribution in [0.1, 0.15) is 89.9 Å². The second-order valence-electron chi connectivity index (χ2n) is 11.3. The number of hydrogen-bond donors (Lipinski definition) is 2. The van der Waals surface area contributed by atoms with E-state index in [1.165, 1.54) is 19.3 Å². The molecular formula is C28H38N6O. The predicted molar refractivity (Wildman–Crippen MR) is 138 cm³/mol. The van der Waals surface area contributed by atoms with Gasteiger partial charge in [-0.1, -0.05) is 13.8 Å². The molecule has 3 aromatic heterocycles. The van der Waals surface area contributed by atoms with E-state index in [1.807, 2.05) is 12.4 Å². The van der Waals surface area contributed by atoms with E-state index in [4.69, 9.17) is 10.2 Å². The molecular weight excluding hydrogens is 436 g/mol. The normalized spacial score (nSPS) is 25.2. The van der Waals surface area contributed by atoms with Gasteiger partial charge in [-0.3, -0.25) is 4.79 Å². The molecule has 2 aliphatic rings. The van der Waals surface area contributed by atoms with E-state index < -0.39 is 0 Å². The van der Waals surface area contributed by atoms with Crippen LogP contribution < -0.4 is 5.32 Å². The van der Waals surface area contributed by atoms with E-state index >= 15 is 0 Å². The number of carbonyl (C=O) groups excluding carboxylic acids is 1. The minimum absolute atomic E-state index is 0.0744. The van der Waals surface area contributed by atoms with Gasteiger partial charge in [-0.05, 0) is 81.6 Å². The summed E-state index contributed by atoms with van der Waals surface area (Å²) in [5.74, 6) is 2.95. The lowest BCUT2D eigenvalue weighted by molar-refractivity contribution is -0.121. The molecule has 0 aromatic carbocycles. The van der Waals surface area contributed by atoms with Gasteiger partial charge in [-0.15, -0.1) is 0 Å². The first-order chi connectivity index (χ1) is 17.0. The molecule has 0 atom stereocenters. The second kappa shape index (κ2) is 10.4. The molecule has 186 valence electrons. The topological polar surface area (TPSA) is 99.4 Å². The van der Waals surface area contributed by atoms with Gasteiger partial charge < -0.3 is 14.9 Å². The predicted octanol–water partition coefficient (Wildman–Crippen LogP) is 5.82. The van der Waals surface area contributed by atoms with Crippen molar-refractivity contribution >= 4 is 28.0 Å². The van der Waals surface area contributed by atoms with Gasteiger partial charge in [0.1, 0.15) is 17.0 Å². The van der Waals surface area contributed by atoms with Crippen molar-refractivity contribution in [1.82, 2.24) is 24.8 Å². The number of nitrogens with zero attached hydrogens (tertiary/aromatic N) is 4. The van der Waals surface area contributed by atoms with Crippen molar-refractivity contribution in [3.63, 3.8) is 0 Å². The van der Waals surface area contributed by atoms with Gasteiger partial charge in [0.05, 0.1) is 24.2 Å². The monoisotopic (exact) mass is 474 g/mol. The largest absolute Gasteiger partial charge is 0.353 e. The quantitative estimate of drug-likeness (QED) is 0.450. The Morgan fingerprint density at radius 1 is 1.17 bits per heavy atom. The maximum Gasteiger partial charge on any atom is 0.227 e. The van der Waals surface area contributed by atoms with Gasteiger partial charge in [0.15, 0.2) is 0 Å². The molecule has 3 heterocycles. The molecule has 1 amide bonds. The first-order valence-corrected chi connectivity index (χ1v) is 13.5. The molecule has 35 heavy (non-hydrogen) atoms. The van der Waals surface area contributed by atoms with E-state index in [9.17, 15) is 4.79 Å². The lowest BCUT2D eigenvalue weighted by Crippen LogP contribution is -2.39. The fourth-order valence-corrected chi connectivity index (χ4v) is 6.53. The summed E-state index contributed by atoms with van der Waals surface area (Å²) in [6.07, 6.45) is 14.7. The Morgan fingerprint density at radius 3 is 2.63 bits per heavy atom. The molecule has 3 aromatic rings. The van der Waals surface area contributed by atoms with Crippen LogP contribution in [0.5, 0.6) is 0 Å². The second-order valence-corrected chi connectivity index (χ2v) is 11.3. The number of nitriles is 1. The highest BCUT2D eigenvalue weighted by Gasteiger charge is 2.28. The van der Waals surface area contributed by atoms with E-state index in [-0.39, 0.29) is 11.9 Å². The molecule has 0 aliphatic heterocycles. The molecule has 2 aliphatic carbocycles. The van der Waals surface area contributed by atoms with Crippen molar-refractivity contribution in [2.45, 2.75) is 96.6 Å². The summed E-state index contributed by atoms with van der Waals surface area (Å²) in [5.41, 5.74) is 2.79. The molecule has 0 saturated heterocycles. The third kappa shape index (κ3) is 5.22. The third-order valence-electron chi connectivity index (χ3n) is 8.20. The smallest absolute Gasteiger partial charge is 0.227 e. The number of nitrogens with one attached hydrogen (secondary N) is 2. The van der Waals surface area contributed by atoms with Crippen LogP contribution in [0.4, 0.5) is 0 Å². The van der Waals surface area contributed by atoms with Crippen LogP contribution in [-0.4, -0.2) is 31.5 Å². The minimum Gasteiger partial charge on any atom is -0.353 e. The zero-order valence-electron chi connectivity index (χ0n) is 21.1. The highest BCUT2D eigenvalue weighted by molar-refractivity contribution is 6.01. The molecule has 2 N–H and O–H groups in total. The molecule has 0 bridgehead atoms. The van der Waals surface area contributed by atoms with Crippen molar-refractivity contribution in [2.24, 2.45) is 17.8 Å². The van der Waals surface area contributed by atoms with Crippen LogP contribution in [-0.2, 0) is 11.2 Å². The highest BCUT2D eigenvalue weighted by atomic mass is 16.1. The number of hydrogen-bond acceptors (Lipinski definition) is 4. The Kier molecular flexibility index (Phi) is 7.08. The van der Waals surface area contributed by atoms with Crippen molar-refractivity contribution in [3.8, 4) is 6.07 Å². The fraction of sp³-hybridized carbons (Fsp3) is 0.643. The summed E-state index contributed by atoms with van der Waals surface area (Å²) < 4.78 is 2.33. The van der Waals surface area contributed by atoms with Crippen molar-refractivity contribution in [2.75, 3.05) is 0 Å². The van der Waals surface area contributed by atoms with Crippen LogP contribution in [0.15, 0.2) is 18.5 Å². The summed E-state index contributed by atoms with van der Waals surface area (Å²) >= 11 is 0. The molecule has 2 saturated carbocycles. The Hall–Kier alpha value is -2.88. The zero-order valence-corrected chi connectivity index (χ0v) is 21.1. The molecule has 7 heteroatoms. The average molecular weight is 475 g/mol. The maximum atomic E-state index is 13.2. The molecule has 0 spiro atoms. The van der Waals surface area contributed by atoms with E-state index in [2.05, 4.69) is 45.8 Å². The Labute approximate surface area is 207 Å². The van der Waals surface area contributed by atoms with Gasteiger partial charge in [0.2, 0.25) is 5.91 Å². The molecule has 0 unspecified atom stereocenters. The van der Waals surface area contributed by atoms with E-state index in [0.717, 1.165) is 78.3 Å². The number of H-pyrrole nitrogens is 1. The van der Waals surface area contributed by atoms with Crippen molar-refractivity contribution < 1.29 is 4.79 Å². The van der Waals surface area contributed by atoms with Gasteiger partial charge in [-0.2, -0.15) is 5.26 Å². The van der Waals surface area contributed by atoms with Gasteiger partial charge in [-0.25, -0.2) is 9.97 Å². The molecule has 2 fully saturated rings. The highest BCUT2D eigenvalue weighted by Crippen LogP contribution is 2.38. The number of carbonyl (C=O) groups is 1. The number of fused-ring (bicyclic) bond motifs is 3.